The van der Waals surface area contributed by atoms with E-state index in [-0.39, 0.29) is 22.3 Å². The Kier molecular flexibility index (Phi) is 4.44. The van der Waals surface area contributed by atoms with Crippen LogP contribution in [-0.4, -0.2) is 16.8 Å². The SMILES string of the molecule is CCCCOc1cc2c(cc1O)C(C)(c1cccc(O)c1)CC2(C)C. The molecule has 0 fully saturated rings. The van der Waals surface area contributed by atoms with Crippen LogP contribution in [0.2, 0.25) is 0 Å². The average Bonchev–Trinajstić information content (AvgIpc) is 2.75. The van der Waals surface area contributed by atoms with Crippen LogP contribution >= 0.6 is 0 Å². The van der Waals surface area contributed by atoms with Gasteiger partial charge in [0.1, 0.15) is 5.75 Å². The molecule has 1 unspecified atom stereocenters. The molecule has 0 aromatic heterocycles. The van der Waals surface area contributed by atoms with Gasteiger partial charge in [-0.25, -0.2) is 0 Å². The average molecular weight is 340 g/mol. The third-order valence-corrected chi connectivity index (χ3v) is 5.46. The Balaban J connectivity index is 2.08. The maximum Gasteiger partial charge on any atom is 0.161 e. The lowest BCUT2D eigenvalue weighted by Crippen LogP contribution is -2.23. The topological polar surface area (TPSA) is 49.7 Å². The summed E-state index contributed by atoms with van der Waals surface area (Å²) in [5, 5.41) is 20.4. The van der Waals surface area contributed by atoms with Gasteiger partial charge in [0.15, 0.2) is 11.5 Å². The first kappa shape index (κ1) is 17.7. The number of fused-ring (bicyclic) bond motifs is 1. The zero-order chi connectivity index (χ0) is 18.2. The van der Waals surface area contributed by atoms with Crippen LogP contribution in [0.15, 0.2) is 36.4 Å². The second-order valence-corrected chi connectivity index (χ2v) is 8.01. The molecule has 1 aliphatic carbocycles. The van der Waals surface area contributed by atoms with E-state index in [0.717, 1.165) is 30.4 Å². The van der Waals surface area contributed by atoms with E-state index in [2.05, 4.69) is 27.7 Å². The van der Waals surface area contributed by atoms with Gasteiger partial charge in [0.05, 0.1) is 6.61 Å². The van der Waals surface area contributed by atoms with Crippen molar-refractivity contribution in [2.24, 2.45) is 0 Å². The zero-order valence-corrected chi connectivity index (χ0v) is 15.6. The smallest absolute Gasteiger partial charge is 0.161 e. The van der Waals surface area contributed by atoms with Crippen molar-refractivity contribution < 1.29 is 14.9 Å². The minimum Gasteiger partial charge on any atom is -0.508 e. The third-order valence-electron chi connectivity index (χ3n) is 5.46. The summed E-state index contributed by atoms with van der Waals surface area (Å²) in [5.41, 5.74) is 3.10. The van der Waals surface area contributed by atoms with Gasteiger partial charge < -0.3 is 14.9 Å². The molecule has 3 rings (SSSR count). The summed E-state index contributed by atoms with van der Waals surface area (Å²) >= 11 is 0. The van der Waals surface area contributed by atoms with E-state index < -0.39 is 0 Å². The minimum atomic E-state index is -0.253. The lowest BCUT2D eigenvalue weighted by molar-refractivity contribution is 0.292. The molecule has 0 heterocycles. The number of rotatable bonds is 5. The monoisotopic (exact) mass is 340 g/mol. The van der Waals surface area contributed by atoms with Crippen molar-refractivity contribution >= 4 is 0 Å². The fraction of sp³-hybridized carbons (Fsp3) is 0.455. The summed E-state index contributed by atoms with van der Waals surface area (Å²) in [5.74, 6) is 1.04. The van der Waals surface area contributed by atoms with Crippen molar-refractivity contribution in [3.8, 4) is 17.2 Å². The Morgan fingerprint density at radius 3 is 2.48 bits per heavy atom. The lowest BCUT2D eigenvalue weighted by Gasteiger charge is -2.28. The van der Waals surface area contributed by atoms with E-state index >= 15 is 0 Å². The van der Waals surface area contributed by atoms with E-state index in [1.807, 2.05) is 30.3 Å². The molecule has 0 aliphatic heterocycles. The van der Waals surface area contributed by atoms with Crippen LogP contribution < -0.4 is 4.74 Å². The standard InChI is InChI=1S/C22H28O3/c1-5-6-10-25-20-13-17-18(12-19(20)24)22(4,14-21(17,2)3)15-8-7-9-16(23)11-15/h7-9,11-13,23-24H,5-6,10,14H2,1-4H3. The molecule has 2 aromatic carbocycles. The van der Waals surface area contributed by atoms with E-state index in [1.165, 1.54) is 5.56 Å². The molecular formula is C22H28O3. The predicted octanol–water partition coefficient (Wildman–Crippen LogP) is 5.26. The fourth-order valence-corrected chi connectivity index (χ4v) is 4.21. The van der Waals surface area contributed by atoms with Gasteiger partial charge in [-0.3, -0.25) is 0 Å². The fourth-order valence-electron chi connectivity index (χ4n) is 4.21. The Morgan fingerprint density at radius 2 is 1.80 bits per heavy atom. The molecule has 0 bridgehead atoms. The van der Waals surface area contributed by atoms with Crippen LogP contribution in [0, 0.1) is 0 Å². The maximum absolute atomic E-state index is 10.5. The lowest BCUT2D eigenvalue weighted by atomic mass is 9.75. The van der Waals surface area contributed by atoms with Crippen molar-refractivity contribution in [1.29, 1.82) is 0 Å². The second kappa shape index (κ2) is 6.29. The number of unbranched alkanes of at least 4 members (excludes halogenated alkanes) is 1. The highest BCUT2D eigenvalue weighted by Crippen LogP contribution is 2.55. The van der Waals surface area contributed by atoms with E-state index in [1.54, 1.807) is 6.07 Å². The van der Waals surface area contributed by atoms with Crippen molar-refractivity contribution in [3.63, 3.8) is 0 Å². The number of phenols is 2. The number of hydrogen-bond donors (Lipinski definition) is 2. The molecule has 0 radical (unpaired) electrons. The van der Waals surface area contributed by atoms with Crippen LogP contribution in [0.25, 0.3) is 0 Å². The summed E-state index contributed by atoms with van der Waals surface area (Å²) in [6.45, 7) is 9.38. The Morgan fingerprint density at radius 1 is 1.04 bits per heavy atom. The molecule has 2 N–H and O–H groups in total. The number of phenolic OH excluding ortho intramolecular Hbond substituents is 2. The van der Waals surface area contributed by atoms with Crippen LogP contribution in [0.1, 0.15) is 63.6 Å². The van der Waals surface area contributed by atoms with Gasteiger partial charge in [0.2, 0.25) is 0 Å². The molecule has 1 atom stereocenters. The van der Waals surface area contributed by atoms with Crippen LogP contribution in [-0.2, 0) is 10.8 Å². The molecule has 0 spiro atoms. The molecule has 1 aliphatic rings. The summed E-state index contributed by atoms with van der Waals surface area (Å²) in [4.78, 5) is 0. The summed E-state index contributed by atoms with van der Waals surface area (Å²) in [6.07, 6.45) is 2.95. The molecule has 134 valence electrons. The number of ether oxygens (including phenoxy) is 1. The molecular weight excluding hydrogens is 312 g/mol. The van der Waals surface area contributed by atoms with Gasteiger partial charge in [-0.15, -0.1) is 0 Å². The van der Waals surface area contributed by atoms with Gasteiger partial charge in [0.25, 0.3) is 0 Å². The van der Waals surface area contributed by atoms with E-state index in [4.69, 9.17) is 4.74 Å². The van der Waals surface area contributed by atoms with Crippen molar-refractivity contribution in [1.82, 2.24) is 0 Å². The van der Waals surface area contributed by atoms with E-state index in [9.17, 15) is 10.2 Å². The molecule has 0 amide bonds. The van der Waals surface area contributed by atoms with Crippen molar-refractivity contribution in [3.05, 3.63) is 53.1 Å². The molecule has 2 aromatic rings. The van der Waals surface area contributed by atoms with Gasteiger partial charge in [-0.05, 0) is 59.2 Å². The zero-order valence-electron chi connectivity index (χ0n) is 15.6. The summed E-state index contributed by atoms with van der Waals surface area (Å²) in [7, 11) is 0. The number of benzene rings is 2. The molecule has 0 saturated heterocycles. The first-order valence-corrected chi connectivity index (χ1v) is 9.08. The van der Waals surface area contributed by atoms with Crippen LogP contribution in [0.5, 0.6) is 17.2 Å². The number of hydrogen-bond acceptors (Lipinski definition) is 3. The van der Waals surface area contributed by atoms with Gasteiger partial charge >= 0.3 is 0 Å². The normalized spacial score (nSPS) is 21.1. The van der Waals surface area contributed by atoms with Crippen LogP contribution in [0.4, 0.5) is 0 Å². The largest absolute Gasteiger partial charge is 0.508 e. The molecule has 3 nitrogen and oxygen atoms in total. The van der Waals surface area contributed by atoms with Crippen molar-refractivity contribution in [2.45, 2.75) is 57.8 Å². The highest BCUT2D eigenvalue weighted by Gasteiger charge is 2.46. The summed E-state index contributed by atoms with van der Waals surface area (Å²) in [6, 6.07) is 11.3. The molecule has 3 heteroatoms. The highest BCUT2D eigenvalue weighted by molar-refractivity contribution is 5.58. The Labute approximate surface area is 150 Å². The molecule has 25 heavy (non-hydrogen) atoms. The van der Waals surface area contributed by atoms with Gasteiger partial charge in [-0.2, -0.15) is 0 Å². The second-order valence-electron chi connectivity index (χ2n) is 8.01. The first-order valence-electron chi connectivity index (χ1n) is 9.08. The van der Waals surface area contributed by atoms with Gasteiger partial charge in [0, 0.05) is 5.41 Å². The van der Waals surface area contributed by atoms with Crippen LogP contribution in [0.3, 0.4) is 0 Å². The predicted molar refractivity (Wildman–Crippen MR) is 101 cm³/mol. The summed E-state index contributed by atoms with van der Waals surface area (Å²) < 4.78 is 5.80. The first-order chi connectivity index (χ1) is 11.8. The van der Waals surface area contributed by atoms with Gasteiger partial charge in [-0.1, -0.05) is 46.2 Å². The third kappa shape index (κ3) is 3.08. The highest BCUT2D eigenvalue weighted by atomic mass is 16.5. The van der Waals surface area contributed by atoms with E-state index in [0.29, 0.717) is 12.4 Å². The Bertz CT molecular complexity index is 779. The number of aromatic hydroxyl groups is 2. The van der Waals surface area contributed by atoms with Crippen molar-refractivity contribution in [2.75, 3.05) is 6.61 Å². The quantitative estimate of drug-likeness (QED) is 0.730. The minimum absolute atomic E-state index is 0.0356. The Hall–Kier alpha value is -2.16. The molecule has 0 saturated carbocycles. The maximum atomic E-state index is 10.5.